The lowest BCUT2D eigenvalue weighted by molar-refractivity contribution is -0.188. The van der Waals surface area contributed by atoms with E-state index in [9.17, 15) is 19.0 Å². The van der Waals surface area contributed by atoms with Gasteiger partial charge in [0.25, 0.3) is 5.56 Å². The second-order valence-electron chi connectivity index (χ2n) is 5.61. The Morgan fingerprint density at radius 3 is 2.92 bits per heavy atom. The highest BCUT2D eigenvalue weighted by atomic mass is 31.2. The monoisotopic (exact) mass is 363 g/mol. The van der Waals surface area contributed by atoms with Gasteiger partial charge in [0.05, 0.1) is 19.3 Å². The number of nitrogens with one attached hydrogen (secondary N) is 2. The average Bonchev–Trinajstić information content (AvgIpc) is 2.98. The van der Waals surface area contributed by atoms with Crippen molar-refractivity contribution in [1.29, 1.82) is 0 Å². The van der Waals surface area contributed by atoms with Crippen molar-refractivity contribution in [3.63, 3.8) is 0 Å². The van der Waals surface area contributed by atoms with Crippen LogP contribution >= 0.6 is 7.75 Å². The number of hydrogen-bond acceptors (Lipinski definition) is 7. The standard InChI is InChI=1S/C12H18N3O8P/c1-20-5-12-6-22-8(9(12)14-24(18,19)21-2)10(23-12)15-4-3-7(16)13-11(15)17/h3-4,8-10H,5-6H2,1-2H3,(H,13,16,17)(H2,14,18,19)/t8-,9?,10+,12-/m0/s1. The number of rotatable bonds is 6. The maximum Gasteiger partial charge on any atom is 0.403 e. The number of aromatic amines is 1. The van der Waals surface area contributed by atoms with E-state index in [4.69, 9.17) is 14.2 Å². The smallest absolute Gasteiger partial charge is 0.382 e. The van der Waals surface area contributed by atoms with E-state index in [2.05, 4.69) is 14.6 Å². The van der Waals surface area contributed by atoms with E-state index >= 15 is 0 Å². The molecule has 0 saturated carbocycles. The van der Waals surface area contributed by atoms with Gasteiger partial charge in [0, 0.05) is 26.5 Å². The highest BCUT2D eigenvalue weighted by Gasteiger charge is 2.63. The van der Waals surface area contributed by atoms with Gasteiger partial charge >= 0.3 is 13.4 Å². The van der Waals surface area contributed by atoms with E-state index in [0.29, 0.717) is 0 Å². The molecule has 11 nitrogen and oxygen atoms in total. The van der Waals surface area contributed by atoms with Crippen molar-refractivity contribution >= 4 is 7.75 Å². The third-order valence-corrected chi connectivity index (χ3v) is 5.22. The molecule has 0 spiro atoms. The molecule has 134 valence electrons. The summed E-state index contributed by atoms with van der Waals surface area (Å²) in [5.41, 5.74) is -2.29. The summed E-state index contributed by atoms with van der Waals surface area (Å²) < 4.78 is 34.4. The summed E-state index contributed by atoms with van der Waals surface area (Å²) >= 11 is 0. The molecule has 2 unspecified atom stereocenters. The van der Waals surface area contributed by atoms with Crippen molar-refractivity contribution in [2.24, 2.45) is 0 Å². The first-order valence-electron chi connectivity index (χ1n) is 7.08. The number of ether oxygens (including phenoxy) is 3. The highest BCUT2D eigenvalue weighted by molar-refractivity contribution is 7.50. The normalized spacial score (nSPS) is 34.4. The van der Waals surface area contributed by atoms with Crippen LogP contribution < -0.4 is 16.3 Å². The van der Waals surface area contributed by atoms with Crippen LogP contribution in [-0.4, -0.2) is 59.6 Å². The SMILES string of the molecule is COC[C@]12CO[C@@H](C1NP(=O)(O)OC)[C@H](n1ccc(=O)[nH]c1=O)O2. The Kier molecular flexibility index (Phi) is 4.51. The van der Waals surface area contributed by atoms with Crippen molar-refractivity contribution in [3.8, 4) is 0 Å². The van der Waals surface area contributed by atoms with E-state index in [0.717, 1.165) is 11.7 Å². The minimum absolute atomic E-state index is 0.0689. The first-order chi connectivity index (χ1) is 11.3. The average molecular weight is 363 g/mol. The van der Waals surface area contributed by atoms with Crippen LogP contribution in [0.4, 0.5) is 0 Å². The van der Waals surface area contributed by atoms with E-state index < -0.39 is 43.0 Å². The largest absolute Gasteiger partial charge is 0.403 e. The second-order valence-corrected chi connectivity index (χ2v) is 7.27. The minimum atomic E-state index is -4.07. The van der Waals surface area contributed by atoms with Crippen molar-refractivity contribution in [2.75, 3.05) is 27.4 Å². The van der Waals surface area contributed by atoms with Gasteiger partial charge in [-0.15, -0.1) is 0 Å². The predicted molar refractivity (Wildman–Crippen MR) is 79.5 cm³/mol. The van der Waals surface area contributed by atoms with Crippen LogP contribution in [0.15, 0.2) is 21.9 Å². The van der Waals surface area contributed by atoms with Gasteiger partial charge in [0.15, 0.2) is 6.23 Å². The van der Waals surface area contributed by atoms with Crippen molar-refractivity contribution < 1.29 is 28.2 Å². The highest BCUT2D eigenvalue weighted by Crippen LogP contribution is 2.49. The van der Waals surface area contributed by atoms with Crippen LogP contribution in [-0.2, 0) is 23.3 Å². The quantitative estimate of drug-likeness (QED) is 0.518. The molecule has 2 saturated heterocycles. The molecule has 2 fully saturated rings. The van der Waals surface area contributed by atoms with Crippen molar-refractivity contribution in [1.82, 2.24) is 14.6 Å². The molecule has 24 heavy (non-hydrogen) atoms. The first-order valence-corrected chi connectivity index (χ1v) is 8.66. The van der Waals surface area contributed by atoms with E-state index in [1.807, 2.05) is 0 Å². The minimum Gasteiger partial charge on any atom is -0.382 e. The number of fused-ring (bicyclic) bond motifs is 2. The lowest BCUT2D eigenvalue weighted by Gasteiger charge is -2.31. The zero-order valence-electron chi connectivity index (χ0n) is 13.0. The van der Waals surface area contributed by atoms with Gasteiger partial charge in [-0.3, -0.25) is 14.3 Å². The van der Waals surface area contributed by atoms with Crippen LogP contribution in [0.5, 0.6) is 0 Å². The molecule has 2 bridgehead atoms. The number of nitrogens with zero attached hydrogens (tertiary/aromatic N) is 1. The molecule has 12 heteroatoms. The molecule has 3 N–H and O–H groups in total. The maximum atomic E-state index is 12.0. The molecular formula is C12H18N3O8P. The van der Waals surface area contributed by atoms with Crippen LogP contribution in [0.1, 0.15) is 6.23 Å². The molecule has 1 aromatic heterocycles. The van der Waals surface area contributed by atoms with Gasteiger partial charge in [-0.1, -0.05) is 0 Å². The van der Waals surface area contributed by atoms with Gasteiger partial charge in [0.2, 0.25) is 0 Å². The fourth-order valence-corrected chi connectivity index (χ4v) is 3.90. The third kappa shape index (κ3) is 2.88. The van der Waals surface area contributed by atoms with Gasteiger partial charge in [-0.2, -0.15) is 0 Å². The van der Waals surface area contributed by atoms with Crippen LogP contribution in [0.3, 0.4) is 0 Å². The summed E-state index contributed by atoms with van der Waals surface area (Å²) in [6.07, 6.45) is -0.366. The Morgan fingerprint density at radius 2 is 2.29 bits per heavy atom. The summed E-state index contributed by atoms with van der Waals surface area (Å²) in [4.78, 5) is 35.1. The summed E-state index contributed by atoms with van der Waals surface area (Å²) in [7, 11) is -1.52. The lowest BCUT2D eigenvalue weighted by atomic mass is 9.98. The zero-order chi connectivity index (χ0) is 17.5. The molecule has 0 amide bonds. The van der Waals surface area contributed by atoms with Crippen LogP contribution in [0.2, 0.25) is 0 Å². The van der Waals surface area contributed by atoms with Crippen molar-refractivity contribution in [2.45, 2.75) is 24.0 Å². The molecule has 5 atom stereocenters. The van der Waals surface area contributed by atoms with Gasteiger partial charge in [0.1, 0.15) is 11.7 Å². The fraction of sp³-hybridized carbons (Fsp3) is 0.667. The summed E-state index contributed by atoms with van der Waals surface area (Å²) in [6, 6.07) is 0.422. The molecular weight excluding hydrogens is 345 g/mol. The molecule has 3 rings (SSSR count). The Hall–Kier alpha value is -1.33. The van der Waals surface area contributed by atoms with Gasteiger partial charge in [-0.25, -0.2) is 14.4 Å². The molecule has 1 aromatic rings. The Bertz CT molecular complexity index is 778. The lowest BCUT2D eigenvalue weighted by Crippen LogP contribution is -2.50. The van der Waals surface area contributed by atoms with Crippen LogP contribution in [0.25, 0.3) is 0 Å². The fourth-order valence-electron chi connectivity index (χ4n) is 3.06. The van der Waals surface area contributed by atoms with Gasteiger partial charge < -0.3 is 23.6 Å². The number of hydrogen-bond donors (Lipinski definition) is 3. The van der Waals surface area contributed by atoms with Crippen molar-refractivity contribution in [3.05, 3.63) is 33.1 Å². The summed E-state index contributed by atoms with van der Waals surface area (Å²) in [6.45, 7) is 0.182. The molecule has 0 radical (unpaired) electrons. The number of H-pyrrole nitrogens is 1. The Labute approximate surface area is 136 Å². The Balaban J connectivity index is 1.97. The maximum absolute atomic E-state index is 12.0. The second kappa shape index (κ2) is 6.19. The molecule has 3 heterocycles. The molecule has 0 aliphatic carbocycles. The number of methoxy groups -OCH3 is 1. The van der Waals surface area contributed by atoms with Crippen LogP contribution in [0, 0.1) is 0 Å². The third-order valence-electron chi connectivity index (χ3n) is 4.12. The summed E-state index contributed by atoms with van der Waals surface area (Å²) in [5, 5.41) is 2.49. The Morgan fingerprint density at radius 1 is 1.54 bits per heavy atom. The predicted octanol–water partition coefficient (Wildman–Crippen LogP) is -1.45. The first kappa shape index (κ1) is 17.5. The zero-order valence-corrected chi connectivity index (χ0v) is 13.9. The molecule has 2 aliphatic heterocycles. The topological polar surface area (TPSA) is 141 Å². The van der Waals surface area contributed by atoms with Gasteiger partial charge in [-0.05, 0) is 0 Å². The summed E-state index contributed by atoms with van der Waals surface area (Å²) in [5.74, 6) is 0. The van der Waals surface area contributed by atoms with E-state index in [-0.39, 0.29) is 13.2 Å². The van der Waals surface area contributed by atoms with E-state index in [1.54, 1.807) is 0 Å². The van der Waals surface area contributed by atoms with E-state index in [1.165, 1.54) is 19.4 Å². The number of aromatic nitrogens is 2. The molecule has 0 aromatic carbocycles. The molecule has 2 aliphatic rings.